The Labute approximate surface area is 223 Å². The number of benzene rings is 2. The second-order valence-electron chi connectivity index (χ2n) is 8.44. The van der Waals surface area contributed by atoms with Gasteiger partial charge < -0.3 is 31.0 Å². The van der Waals surface area contributed by atoms with E-state index in [4.69, 9.17) is 10.5 Å². The Hall–Kier alpha value is -2.92. The summed E-state index contributed by atoms with van der Waals surface area (Å²) in [5.74, 6) is -0.0878. The number of anilines is 1. The number of nitrogens with one attached hydrogen (secondary N) is 2. The summed E-state index contributed by atoms with van der Waals surface area (Å²) >= 11 is 1.38. The molecule has 0 spiro atoms. The zero-order valence-electron chi connectivity index (χ0n) is 21.6. The van der Waals surface area contributed by atoms with Gasteiger partial charge in [-0.1, -0.05) is 36.4 Å². The SMILES string of the molecule is C=N/C(C(N)=O)=C(/NC)SCNc1ccc2cc(CO)ccc2c1.O=CCCCCCN1CCOCC1. The zero-order valence-corrected chi connectivity index (χ0v) is 22.4. The molecule has 10 heteroatoms. The normalized spacial score (nSPS) is 14.2. The molecule has 3 rings (SSSR count). The number of aldehydes is 1. The van der Waals surface area contributed by atoms with Crippen LogP contribution in [0.2, 0.25) is 0 Å². The maximum atomic E-state index is 11.3. The van der Waals surface area contributed by atoms with E-state index in [0.29, 0.717) is 10.9 Å². The van der Waals surface area contributed by atoms with Crippen LogP contribution in [0.15, 0.2) is 52.1 Å². The van der Waals surface area contributed by atoms with Crippen LogP contribution in [0.4, 0.5) is 5.69 Å². The van der Waals surface area contributed by atoms with Crippen molar-refractivity contribution in [3.05, 3.63) is 52.7 Å². The van der Waals surface area contributed by atoms with Crippen LogP contribution < -0.4 is 16.4 Å². The van der Waals surface area contributed by atoms with Crippen LogP contribution in [0.1, 0.15) is 31.2 Å². The van der Waals surface area contributed by atoms with Crippen molar-refractivity contribution < 1.29 is 19.4 Å². The number of unbranched alkanes of at least 4 members (excludes halogenated alkanes) is 3. The van der Waals surface area contributed by atoms with Crippen molar-refractivity contribution in [1.29, 1.82) is 0 Å². The van der Waals surface area contributed by atoms with Gasteiger partial charge in [-0.25, -0.2) is 0 Å². The van der Waals surface area contributed by atoms with Gasteiger partial charge >= 0.3 is 0 Å². The minimum Gasteiger partial charge on any atom is -0.392 e. The molecule has 0 aliphatic carbocycles. The maximum absolute atomic E-state index is 11.3. The molecule has 202 valence electrons. The predicted octanol–water partition coefficient (Wildman–Crippen LogP) is 3.09. The molecule has 1 fully saturated rings. The third-order valence-electron chi connectivity index (χ3n) is 5.81. The van der Waals surface area contributed by atoms with Crippen molar-refractivity contribution in [2.24, 2.45) is 10.7 Å². The quantitative estimate of drug-likeness (QED) is 0.0966. The fraction of sp³-hybridized carbons (Fsp3) is 0.444. The molecule has 0 bridgehead atoms. The molecular weight excluding hydrogens is 490 g/mol. The molecule has 1 saturated heterocycles. The van der Waals surface area contributed by atoms with Crippen LogP contribution in [0.25, 0.3) is 10.8 Å². The fourth-order valence-corrected chi connectivity index (χ4v) is 4.61. The van der Waals surface area contributed by atoms with Gasteiger partial charge in [-0.2, -0.15) is 0 Å². The van der Waals surface area contributed by atoms with Crippen molar-refractivity contribution >= 4 is 47.1 Å². The number of ether oxygens (including phenoxy) is 1. The highest BCUT2D eigenvalue weighted by Crippen LogP contribution is 2.23. The predicted molar refractivity (Wildman–Crippen MR) is 153 cm³/mol. The molecule has 9 nitrogen and oxygen atoms in total. The van der Waals surface area contributed by atoms with Crippen LogP contribution in [-0.2, 0) is 20.9 Å². The van der Waals surface area contributed by atoms with Crippen molar-refractivity contribution in [3.8, 4) is 0 Å². The first-order valence-electron chi connectivity index (χ1n) is 12.4. The fourth-order valence-electron chi connectivity index (χ4n) is 3.78. The summed E-state index contributed by atoms with van der Waals surface area (Å²) in [6.45, 7) is 8.49. The highest BCUT2D eigenvalue weighted by atomic mass is 32.2. The van der Waals surface area contributed by atoms with E-state index in [2.05, 4.69) is 27.2 Å². The number of primary amides is 1. The Bertz CT molecular complexity index is 1040. The molecule has 5 N–H and O–H groups in total. The zero-order chi connectivity index (χ0) is 26.9. The largest absolute Gasteiger partial charge is 0.392 e. The lowest BCUT2D eigenvalue weighted by Gasteiger charge is -2.26. The number of aliphatic hydroxyl groups excluding tert-OH is 1. The number of fused-ring (bicyclic) bond motifs is 1. The number of thioether (sulfide) groups is 1. The van der Waals surface area contributed by atoms with E-state index in [9.17, 15) is 14.7 Å². The van der Waals surface area contributed by atoms with Gasteiger partial charge in [0.1, 0.15) is 11.3 Å². The van der Waals surface area contributed by atoms with Gasteiger partial charge in [0.2, 0.25) is 0 Å². The topological polar surface area (TPSA) is 129 Å². The summed E-state index contributed by atoms with van der Waals surface area (Å²) in [6, 6.07) is 11.8. The number of rotatable bonds is 14. The third-order valence-corrected chi connectivity index (χ3v) is 6.79. The Balaban J connectivity index is 0.000000312. The van der Waals surface area contributed by atoms with Crippen molar-refractivity contribution in [2.45, 2.75) is 32.3 Å². The molecule has 0 aromatic heterocycles. The lowest BCUT2D eigenvalue weighted by molar-refractivity contribution is -0.114. The van der Waals surface area contributed by atoms with Crippen LogP contribution in [0.3, 0.4) is 0 Å². The van der Waals surface area contributed by atoms with Crippen LogP contribution in [-0.4, -0.2) is 74.7 Å². The molecule has 1 aliphatic rings. The number of aliphatic imine (C=N–C) groups is 1. The number of hydrogen-bond donors (Lipinski definition) is 4. The van der Waals surface area contributed by atoms with E-state index in [1.54, 1.807) is 7.05 Å². The number of nitrogens with two attached hydrogens (primary N) is 1. The first kappa shape index (κ1) is 30.3. The molecule has 37 heavy (non-hydrogen) atoms. The van der Waals surface area contributed by atoms with E-state index < -0.39 is 5.91 Å². The molecule has 1 heterocycles. The number of aliphatic hydroxyl groups is 1. The minimum atomic E-state index is -0.618. The van der Waals surface area contributed by atoms with Gasteiger partial charge in [-0.15, -0.1) is 0 Å². The van der Waals surface area contributed by atoms with Crippen molar-refractivity contribution in [2.75, 3.05) is 51.1 Å². The second-order valence-corrected chi connectivity index (χ2v) is 9.43. The van der Waals surface area contributed by atoms with E-state index >= 15 is 0 Å². The summed E-state index contributed by atoms with van der Waals surface area (Å²) in [6.07, 6.45) is 5.18. The van der Waals surface area contributed by atoms with Gasteiger partial charge in [0, 0.05) is 32.2 Å². The highest BCUT2D eigenvalue weighted by Gasteiger charge is 2.11. The first-order valence-corrected chi connectivity index (χ1v) is 13.4. The van der Waals surface area contributed by atoms with Crippen LogP contribution >= 0.6 is 11.8 Å². The van der Waals surface area contributed by atoms with Gasteiger partial charge in [-0.05, 0) is 60.6 Å². The monoisotopic (exact) mass is 529 g/mol. The third kappa shape index (κ3) is 10.9. The molecule has 2 aromatic carbocycles. The van der Waals surface area contributed by atoms with Gasteiger partial charge in [-0.3, -0.25) is 14.7 Å². The number of carbonyl (C=O) groups is 2. The maximum Gasteiger partial charge on any atom is 0.269 e. The lowest BCUT2D eigenvalue weighted by atomic mass is 10.1. The highest BCUT2D eigenvalue weighted by molar-refractivity contribution is 8.03. The molecular formula is C27H39N5O4S. The van der Waals surface area contributed by atoms with E-state index in [1.807, 2.05) is 36.4 Å². The summed E-state index contributed by atoms with van der Waals surface area (Å²) in [5, 5.41) is 18.1. The lowest BCUT2D eigenvalue weighted by Crippen LogP contribution is -2.36. The van der Waals surface area contributed by atoms with Crippen molar-refractivity contribution in [3.63, 3.8) is 0 Å². The van der Waals surface area contributed by atoms with E-state index in [1.165, 1.54) is 31.1 Å². The Kier molecular flexibility index (Phi) is 14.4. The van der Waals surface area contributed by atoms with E-state index in [0.717, 1.165) is 67.5 Å². The Morgan fingerprint density at radius 3 is 2.57 bits per heavy atom. The second kappa shape index (κ2) is 17.5. The molecule has 0 atom stereocenters. The minimum absolute atomic E-state index is 0.0330. The molecule has 0 unspecified atom stereocenters. The molecule has 0 radical (unpaired) electrons. The average molecular weight is 530 g/mol. The summed E-state index contributed by atoms with van der Waals surface area (Å²) in [4.78, 5) is 27.4. The average Bonchev–Trinajstić information content (AvgIpc) is 2.93. The first-order chi connectivity index (χ1) is 18.0. The molecule has 0 saturated carbocycles. The number of nitrogens with zero attached hydrogens (tertiary/aromatic N) is 2. The summed E-state index contributed by atoms with van der Waals surface area (Å²) in [7, 11) is 1.70. The molecule has 1 amide bonds. The molecule has 2 aromatic rings. The van der Waals surface area contributed by atoms with Gasteiger partial charge in [0.05, 0.1) is 25.7 Å². The summed E-state index contributed by atoms with van der Waals surface area (Å²) in [5.41, 5.74) is 7.24. The van der Waals surface area contributed by atoms with Gasteiger partial charge in [0.25, 0.3) is 5.91 Å². The molecule has 1 aliphatic heterocycles. The van der Waals surface area contributed by atoms with Gasteiger partial charge in [0.15, 0.2) is 5.70 Å². The number of hydrogen-bond acceptors (Lipinski definition) is 9. The van der Waals surface area contributed by atoms with Crippen LogP contribution in [0.5, 0.6) is 0 Å². The van der Waals surface area contributed by atoms with E-state index in [-0.39, 0.29) is 12.3 Å². The van der Waals surface area contributed by atoms with Crippen molar-refractivity contribution in [1.82, 2.24) is 10.2 Å². The number of amides is 1. The number of morpholine rings is 1. The number of carbonyl (C=O) groups excluding carboxylic acids is 2. The van der Waals surface area contributed by atoms with Crippen LogP contribution in [0, 0.1) is 0 Å². The smallest absolute Gasteiger partial charge is 0.269 e. The Morgan fingerprint density at radius 1 is 1.19 bits per heavy atom. The Morgan fingerprint density at radius 2 is 1.92 bits per heavy atom. The summed E-state index contributed by atoms with van der Waals surface area (Å²) < 4.78 is 5.26. The standard InChI is InChI=1S/C17H20N4O2S.C10H19NO2/c1-19-15(16(18)23)17(20-2)24-10-21-14-6-5-12-7-11(9-22)3-4-13(12)8-14;12-8-4-2-1-3-5-11-6-9-13-10-7-11/h3-8,20-22H,1,9-10H2,2H3,(H2,18,23);8H,1-7,9-10H2/b17-15-;.